The quantitative estimate of drug-likeness (QED) is 0.613. The van der Waals surface area contributed by atoms with Gasteiger partial charge in [-0.25, -0.2) is 9.18 Å². The van der Waals surface area contributed by atoms with Crippen LogP contribution >= 0.6 is 15.9 Å². The molecule has 1 aliphatic rings. The monoisotopic (exact) mass is 497 g/mol. The molecule has 1 amide bonds. The predicted molar refractivity (Wildman–Crippen MR) is 117 cm³/mol. The molecule has 3 unspecified atom stereocenters. The summed E-state index contributed by atoms with van der Waals surface area (Å²) >= 11 is 1.93. The van der Waals surface area contributed by atoms with Crippen LogP contribution in [0.25, 0.3) is 0 Å². The second kappa shape index (κ2) is 9.26. The number of carbonyl (C=O) groups is 1. The van der Waals surface area contributed by atoms with E-state index in [1.54, 1.807) is 20.8 Å². The van der Waals surface area contributed by atoms with Crippen LogP contribution in [-0.4, -0.2) is 45.4 Å². The van der Waals surface area contributed by atoms with Gasteiger partial charge in [0.05, 0.1) is 12.6 Å². The van der Waals surface area contributed by atoms with Crippen LogP contribution in [0.1, 0.15) is 37.1 Å². The molecule has 0 heterocycles. The van der Waals surface area contributed by atoms with Crippen LogP contribution in [-0.2, 0) is 22.3 Å². The number of benzene rings is 2. The van der Waals surface area contributed by atoms with Crippen LogP contribution in [0.3, 0.4) is 0 Å². The Balaban J connectivity index is 2.01. The molecule has 3 rings (SSSR count). The molecule has 1 aliphatic carbocycles. The van der Waals surface area contributed by atoms with Gasteiger partial charge >= 0.3 is 6.09 Å². The molecule has 0 saturated carbocycles. The van der Waals surface area contributed by atoms with E-state index >= 15 is 0 Å². The van der Waals surface area contributed by atoms with E-state index in [0.717, 1.165) is 15.6 Å². The summed E-state index contributed by atoms with van der Waals surface area (Å²) in [6.45, 7) is 5.14. The standard InChI is InChI=1S/C22H25BrFNO4S/c1-22(2,3)29-21(27)25(10-11-26)19-13-14-12-15(23)4-9-18(14)20(19)30(28)17-7-5-16(24)6-8-17/h4-9,12,19-20,26H,10-11,13H2,1-3H3. The van der Waals surface area contributed by atoms with Crippen molar-refractivity contribution in [1.29, 1.82) is 0 Å². The molecule has 0 radical (unpaired) electrons. The number of hydrogen-bond donors (Lipinski definition) is 1. The third kappa shape index (κ3) is 5.17. The van der Waals surface area contributed by atoms with Gasteiger partial charge in [-0.2, -0.15) is 0 Å². The minimum Gasteiger partial charge on any atom is -0.611 e. The Hall–Kier alpha value is -1.61. The zero-order valence-corrected chi connectivity index (χ0v) is 19.5. The maximum Gasteiger partial charge on any atom is 0.410 e. The summed E-state index contributed by atoms with van der Waals surface area (Å²) in [5.41, 5.74) is 1.14. The van der Waals surface area contributed by atoms with E-state index in [1.165, 1.54) is 29.2 Å². The molecule has 0 fully saturated rings. The fourth-order valence-corrected chi connectivity index (χ4v) is 5.73. The molecule has 0 bridgehead atoms. The smallest absolute Gasteiger partial charge is 0.410 e. The van der Waals surface area contributed by atoms with Crippen molar-refractivity contribution in [1.82, 2.24) is 4.90 Å². The molecular weight excluding hydrogens is 473 g/mol. The zero-order chi connectivity index (χ0) is 22.1. The molecule has 5 nitrogen and oxygen atoms in total. The number of aliphatic hydroxyl groups excluding tert-OH is 1. The van der Waals surface area contributed by atoms with Crippen molar-refractivity contribution in [3.63, 3.8) is 0 Å². The number of hydrogen-bond acceptors (Lipinski definition) is 4. The third-order valence-corrected chi connectivity index (χ3v) is 7.10. The van der Waals surface area contributed by atoms with Gasteiger partial charge in [0, 0.05) is 16.6 Å². The van der Waals surface area contributed by atoms with Crippen LogP contribution in [0.2, 0.25) is 0 Å². The van der Waals surface area contributed by atoms with Gasteiger partial charge in [0.1, 0.15) is 11.4 Å². The predicted octanol–water partition coefficient (Wildman–Crippen LogP) is 4.59. The number of carbonyl (C=O) groups excluding carboxylic acids is 1. The molecule has 2 aromatic rings. The van der Waals surface area contributed by atoms with E-state index in [1.807, 2.05) is 18.2 Å². The van der Waals surface area contributed by atoms with Gasteiger partial charge in [0.25, 0.3) is 0 Å². The minimum absolute atomic E-state index is 0.0614. The first kappa shape index (κ1) is 23.1. The van der Waals surface area contributed by atoms with Crippen LogP contribution in [0.5, 0.6) is 0 Å². The summed E-state index contributed by atoms with van der Waals surface area (Å²) in [5, 5.41) is 9.07. The number of ether oxygens (including phenoxy) is 1. The van der Waals surface area contributed by atoms with Gasteiger partial charge < -0.3 is 14.4 Å². The molecule has 3 atom stereocenters. The molecule has 2 aromatic carbocycles. The highest BCUT2D eigenvalue weighted by atomic mass is 79.9. The van der Waals surface area contributed by atoms with Crippen LogP contribution in [0.15, 0.2) is 51.8 Å². The molecule has 0 aliphatic heterocycles. The Bertz CT molecular complexity index is 903. The van der Waals surface area contributed by atoms with E-state index in [2.05, 4.69) is 15.9 Å². The molecule has 1 N–H and O–H groups in total. The first-order valence-electron chi connectivity index (χ1n) is 9.65. The van der Waals surface area contributed by atoms with Gasteiger partial charge in [-0.1, -0.05) is 22.0 Å². The lowest BCUT2D eigenvalue weighted by Gasteiger charge is -2.34. The number of fused-ring (bicyclic) bond motifs is 1. The van der Waals surface area contributed by atoms with Crippen molar-refractivity contribution >= 4 is 33.2 Å². The highest BCUT2D eigenvalue weighted by Gasteiger charge is 2.47. The Morgan fingerprint density at radius 1 is 1.30 bits per heavy atom. The van der Waals surface area contributed by atoms with Crippen molar-refractivity contribution in [3.8, 4) is 0 Å². The van der Waals surface area contributed by atoms with E-state index < -0.39 is 40.0 Å². The molecule has 0 aromatic heterocycles. The van der Waals surface area contributed by atoms with E-state index in [0.29, 0.717) is 11.3 Å². The van der Waals surface area contributed by atoms with Gasteiger partial charge in [0.15, 0.2) is 10.1 Å². The van der Waals surface area contributed by atoms with Crippen molar-refractivity contribution < 1.29 is 23.6 Å². The maximum absolute atomic E-state index is 13.6. The van der Waals surface area contributed by atoms with E-state index in [4.69, 9.17) is 4.74 Å². The Morgan fingerprint density at radius 2 is 1.97 bits per heavy atom. The summed E-state index contributed by atoms with van der Waals surface area (Å²) in [7, 11) is 0. The van der Waals surface area contributed by atoms with Gasteiger partial charge in [-0.3, -0.25) is 4.90 Å². The average molecular weight is 498 g/mol. The second-order valence-electron chi connectivity index (χ2n) is 8.18. The normalized spacial score (nSPS) is 19.3. The largest absolute Gasteiger partial charge is 0.611 e. The molecule has 30 heavy (non-hydrogen) atoms. The van der Waals surface area contributed by atoms with Crippen LogP contribution < -0.4 is 0 Å². The molecular formula is C22H25BrFNO4S. The summed E-state index contributed by atoms with van der Waals surface area (Å²) in [4.78, 5) is 14.9. The molecule has 0 saturated heterocycles. The lowest BCUT2D eigenvalue weighted by atomic mass is 10.1. The summed E-state index contributed by atoms with van der Waals surface area (Å²) in [6.07, 6.45) is -0.0828. The zero-order valence-electron chi connectivity index (χ0n) is 17.1. The summed E-state index contributed by atoms with van der Waals surface area (Å²) < 4.78 is 33.4. The maximum atomic E-state index is 13.6. The molecule has 162 valence electrons. The average Bonchev–Trinajstić information content (AvgIpc) is 3.02. The summed E-state index contributed by atoms with van der Waals surface area (Å²) in [5.74, 6) is -0.404. The molecule has 0 spiro atoms. The Labute approximate surface area is 187 Å². The minimum atomic E-state index is -1.54. The van der Waals surface area contributed by atoms with Crippen LogP contribution in [0, 0.1) is 5.82 Å². The second-order valence-corrected chi connectivity index (χ2v) is 10.7. The third-order valence-electron chi connectivity index (χ3n) is 4.84. The fraction of sp³-hybridized carbons (Fsp3) is 0.409. The first-order valence-corrected chi connectivity index (χ1v) is 11.7. The van der Waals surface area contributed by atoms with Crippen molar-refractivity contribution in [2.45, 2.75) is 49.0 Å². The van der Waals surface area contributed by atoms with Gasteiger partial charge in [-0.15, -0.1) is 0 Å². The highest BCUT2D eigenvalue weighted by molar-refractivity contribution is 9.10. The number of rotatable bonds is 5. The Kier molecular flexibility index (Phi) is 7.12. The van der Waals surface area contributed by atoms with Gasteiger partial charge in [0.2, 0.25) is 0 Å². The van der Waals surface area contributed by atoms with Gasteiger partial charge in [-0.05, 0) is 80.3 Å². The number of halogens is 2. The lowest BCUT2D eigenvalue weighted by molar-refractivity contribution is 0.0127. The topological polar surface area (TPSA) is 72.8 Å². The highest BCUT2D eigenvalue weighted by Crippen LogP contribution is 2.44. The first-order chi connectivity index (χ1) is 14.1. The number of nitrogens with zero attached hydrogens (tertiary/aromatic N) is 1. The fourth-order valence-electron chi connectivity index (χ4n) is 3.64. The lowest BCUT2D eigenvalue weighted by Crippen LogP contribution is -2.48. The number of amides is 1. The van der Waals surface area contributed by atoms with Crippen LogP contribution in [0.4, 0.5) is 9.18 Å². The van der Waals surface area contributed by atoms with Crippen molar-refractivity contribution in [2.75, 3.05) is 13.2 Å². The van der Waals surface area contributed by atoms with E-state index in [-0.39, 0.29) is 13.2 Å². The summed E-state index contributed by atoms with van der Waals surface area (Å²) in [6, 6.07) is 10.8. The van der Waals surface area contributed by atoms with E-state index in [9.17, 15) is 18.8 Å². The molecule has 8 heteroatoms. The van der Waals surface area contributed by atoms with Crippen molar-refractivity contribution in [3.05, 3.63) is 63.9 Å². The number of aliphatic hydroxyl groups is 1. The van der Waals surface area contributed by atoms with Crippen molar-refractivity contribution in [2.24, 2.45) is 0 Å². The Morgan fingerprint density at radius 3 is 2.57 bits per heavy atom. The SMILES string of the molecule is CC(C)(C)OC(=O)N(CCO)C1Cc2cc(Br)ccc2C1[S+]([O-])c1ccc(F)cc1.